The van der Waals surface area contributed by atoms with Crippen LogP contribution in [0.5, 0.6) is 11.5 Å². The van der Waals surface area contributed by atoms with Crippen molar-refractivity contribution in [1.29, 1.82) is 0 Å². The van der Waals surface area contributed by atoms with Crippen molar-refractivity contribution in [3.8, 4) is 22.1 Å². The molecule has 0 saturated carbocycles. The summed E-state index contributed by atoms with van der Waals surface area (Å²) in [4.78, 5) is 5.38. The van der Waals surface area contributed by atoms with E-state index in [-0.39, 0.29) is 0 Å². The minimum Gasteiger partial charge on any atom is -0.493 e. The summed E-state index contributed by atoms with van der Waals surface area (Å²) in [6.45, 7) is 0. The van der Waals surface area contributed by atoms with E-state index in [1.54, 1.807) is 31.8 Å². The summed E-state index contributed by atoms with van der Waals surface area (Å²) < 4.78 is 10.4. The van der Waals surface area contributed by atoms with Crippen LogP contribution in [0.25, 0.3) is 10.6 Å². The Labute approximate surface area is 109 Å². The number of halogens is 1. The summed E-state index contributed by atoms with van der Waals surface area (Å²) >= 11 is 7.34. The topological polar surface area (TPSA) is 31.4 Å². The van der Waals surface area contributed by atoms with Crippen molar-refractivity contribution in [2.45, 2.75) is 5.88 Å². The summed E-state index contributed by atoms with van der Waals surface area (Å²) in [6.07, 6.45) is 1.80. The summed E-state index contributed by atoms with van der Waals surface area (Å²) in [5, 5.41) is 0.932. The van der Waals surface area contributed by atoms with Crippen LogP contribution in [-0.2, 0) is 5.88 Å². The van der Waals surface area contributed by atoms with Gasteiger partial charge in [0.1, 0.15) is 5.01 Å². The highest BCUT2D eigenvalue weighted by Crippen LogP contribution is 2.34. The van der Waals surface area contributed by atoms with Gasteiger partial charge in [-0.15, -0.1) is 22.9 Å². The highest BCUT2D eigenvalue weighted by atomic mass is 35.5. The Hall–Kier alpha value is -1.26. The van der Waals surface area contributed by atoms with Crippen molar-refractivity contribution < 1.29 is 9.47 Å². The summed E-state index contributed by atoms with van der Waals surface area (Å²) in [5.74, 6) is 1.91. The van der Waals surface area contributed by atoms with E-state index in [0.29, 0.717) is 17.4 Å². The minimum atomic E-state index is 0.491. The second kappa shape index (κ2) is 5.38. The molecule has 0 aliphatic rings. The molecule has 0 saturated heterocycles. The maximum Gasteiger partial charge on any atom is 0.161 e. The number of nitrogens with zero attached hydrogens (tertiary/aromatic N) is 1. The quantitative estimate of drug-likeness (QED) is 0.795. The lowest BCUT2D eigenvalue weighted by atomic mass is 10.2. The van der Waals surface area contributed by atoms with Crippen LogP contribution in [0, 0.1) is 0 Å². The van der Waals surface area contributed by atoms with Gasteiger partial charge in [-0.05, 0) is 18.2 Å². The van der Waals surface area contributed by atoms with E-state index in [4.69, 9.17) is 21.1 Å². The number of thiazole rings is 1. The smallest absolute Gasteiger partial charge is 0.161 e. The molecular formula is C12H12ClNO2S. The Morgan fingerprint density at radius 2 is 2.00 bits per heavy atom. The van der Waals surface area contributed by atoms with Crippen LogP contribution in [-0.4, -0.2) is 19.2 Å². The Kier molecular flexibility index (Phi) is 3.86. The van der Waals surface area contributed by atoms with Gasteiger partial charge in [-0.25, -0.2) is 4.98 Å². The summed E-state index contributed by atoms with van der Waals surface area (Å²) in [5.41, 5.74) is 1.00. The second-order valence-electron chi connectivity index (χ2n) is 3.34. The van der Waals surface area contributed by atoms with Crippen molar-refractivity contribution in [3.63, 3.8) is 0 Å². The lowest BCUT2D eigenvalue weighted by Gasteiger charge is -2.08. The van der Waals surface area contributed by atoms with Gasteiger partial charge in [-0.1, -0.05) is 0 Å². The summed E-state index contributed by atoms with van der Waals surface area (Å²) in [7, 11) is 3.24. The maximum absolute atomic E-state index is 5.76. The fraction of sp³-hybridized carbons (Fsp3) is 0.250. The average molecular weight is 270 g/mol. The molecule has 5 heteroatoms. The van der Waals surface area contributed by atoms with E-state index in [1.165, 1.54) is 0 Å². The van der Waals surface area contributed by atoms with E-state index < -0.39 is 0 Å². The van der Waals surface area contributed by atoms with Gasteiger partial charge in [-0.2, -0.15) is 0 Å². The van der Waals surface area contributed by atoms with Crippen molar-refractivity contribution in [3.05, 3.63) is 29.3 Å². The third-order valence-electron chi connectivity index (χ3n) is 2.32. The van der Waals surface area contributed by atoms with E-state index in [9.17, 15) is 0 Å². The zero-order valence-corrected chi connectivity index (χ0v) is 11.1. The third-order valence-corrected chi connectivity index (χ3v) is 3.81. The molecule has 1 aromatic heterocycles. The first-order valence-electron chi connectivity index (χ1n) is 5.01. The Bertz CT molecular complexity index is 513. The first-order valence-corrected chi connectivity index (χ1v) is 6.36. The monoisotopic (exact) mass is 269 g/mol. The molecule has 0 aliphatic carbocycles. The number of hydrogen-bond donors (Lipinski definition) is 0. The molecule has 2 aromatic rings. The van der Waals surface area contributed by atoms with Crippen LogP contribution in [0.1, 0.15) is 4.88 Å². The SMILES string of the molecule is COc1ccc(-c2ncc(CCl)s2)cc1OC. The van der Waals surface area contributed by atoms with Crippen molar-refractivity contribution in [1.82, 2.24) is 4.98 Å². The molecule has 0 aliphatic heterocycles. The average Bonchev–Trinajstić information content (AvgIpc) is 2.86. The normalized spacial score (nSPS) is 10.3. The zero-order valence-electron chi connectivity index (χ0n) is 9.57. The standard InChI is InChI=1S/C12H12ClNO2S/c1-15-10-4-3-8(5-11(10)16-2)12-14-7-9(6-13)17-12/h3-5,7H,6H2,1-2H3. The lowest BCUT2D eigenvalue weighted by molar-refractivity contribution is 0.355. The number of aromatic nitrogens is 1. The van der Waals surface area contributed by atoms with Gasteiger partial charge < -0.3 is 9.47 Å². The number of alkyl halides is 1. The molecule has 0 radical (unpaired) electrons. The predicted molar refractivity (Wildman–Crippen MR) is 70.2 cm³/mol. The molecule has 0 unspecified atom stereocenters. The molecule has 1 aromatic carbocycles. The lowest BCUT2D eigenvalue weighted by Crippen LogP contribution is -1.90. The van der Waals surface area contributed by atoms with Gasteiger partial charge in [0, 0.05) is 16.6 Å². The van der Waals surface area contributed by atoms with E-state index >= 15 is 0 Å². The first-order chi connectivity index (χ1) is 8.28. The van der Waals surface area contributed by atoms with Crippen LogP contribution in [0.2, 0.25) is 0 Å². The molecule has 0 amide bonds. The van der Waals surface area contributed by atoms with Gasteiger partial charge in [0.2, 0.25) is 0 Å². The highest BCUT2D eigenvalue weighted by molar-refractivity contribution is 7.15. The molecule has 0 bridgehead atoms. The predicted octanol–water partition coefficient (Wildman–Crippen LogP) is 3.57. The van der Waals surface area contributed by atoms with E-state index in [1.807, 2.05) is 18.2 Å². The van der Waals surface area contributed by atoms with E-state index in [0.717, 1.165) is 15.4 Å². The highest BCUT2D eigenvalue weighted by Gasteiger charge is 2.09. The third kappa shape index (κ3) is 2.53. The van der Waals surface area contributed by atoms with Crippen molar-refractivity contribution >= 4 is 22.9 Å². The van der Waals surface area contributed by atoms with Crippen LogP contribution < -0.4 is 9.47 Å². The van der Waals surface area contributed by atoms with Gasteiger partial charge in [0.05, 0.1) is 20.1 Å². The molecule has 90 valence electrons. The Balaban J connectivity index is 2.38. The van der Waals surface area contributed by atoms with Crippen molar-refractivity contribution in [2.24, 2.45) is 0 Å². The van der Waals surface area contributed by atoms with Gasteiger partial charge in [0.15, 0.2) is 11.5 Å². The molecule has 0 fully saturated rings. The molecule has 1 heterocycles. The largest absolute Gasteiger partial charge is 0.493 e. The Morgan fingerprint density at radius 3 is 2.59 bits per heavy atom. The van der Waals surface area contributed by atoms with Crippen LogP contribution in [0.3, 0.4) is 0 Å². The van der Waals surface area contributed by atoms with Gasteiger partial charge >= 0.3 is 0 Å². The molecule has 0 N–H and O–H groups in total. The zero-order chi connectivity index (χ0) is 12.3. The number of rotatable bonds is 4. The Morgan fingerprint density at radius 1 is 1.24 bits per heavy atom. The number of ether oxygens (including phenoxy) is 2. The number of benzene rings is 1. The second-order valence-corrected chi connectivity index (χ2v) is 4.72. The van der Waals surface area contributed by atoms with Crippen LogP contribution in [0.4, 0.5) is 0 Å². The van der Waals surface area contributed by atoms with Crippen molar-refractivity contribution in [2.75, 3.05) is 14.2 Å². The molecule has 3 nitrogen and oxygen atoms in total. The van der Waals surface area contributed by atoms with Crippen LogP contribution >= 0.6 is 22.9 Å². The molecule has 17 heavy (non-hydrogen) atoms. The first kappa shape index (κ1) is 12.2. The minimum absolute atomic E-state index is 0.491. The van der Waals surface area contributed by atoms with Gasteiger partial charge in [-0.3, -0.25) is 0 Å². The molecule has 0 atom stereocenters. The molecular weight excluding hydrogens is 258 g/mol. The van der Waals surface area contributed by atoms with Gasteiger partial charge in [0.25, 0.3) is 0 Å². The summed E-state index contributed by atoms with van der Waals surface area (Å²) in [6, 6.07) is 5.74. The maximum atomic E-state index is 5.76. The molecule has 2 rings (SSSR count). The van der Waals surface area contributed by atoms with Crippen LogP contribution in [0.15, 0.2) is 24.4 Å². The number of methoxy groups -OCH3 is 2. The number of hydrogen-bond acceptors (Lipinski definition) is 4. The fourth-order valence-corrected chi connectivity index (χ4v) is 2.46. The molecule has 0 spiro atoms. The fourth-order valence-electron chi connectivity index (χ4n) is 1.47. The van der Waals surface area contributed by atoms with E-state index in [2.05, 4.69) is 4.98 Å².